The van der Waals surface area contributed by atoms with Crippen molar-refractivity contribution in [3.63, 3.8) is 0 Å². The van der Waals surface area contributed by atoms with Gasteiger partial charge in [-0.1, -0.05) is 30.3 Å². The summed E-state index contributed by atoms with van der Waals surface area (Å²) >= 11 is 0. The first-order valence-corrected chi connectivity index (χ1v) is 5.59. The SMILES string of the molecule is COC(=O)C[C@H]1COC[C@@]1(O)c1ccccc1. The van der Waals surface area contributed by atoms with Crippen molar-refractivity contribution in [2.45, 2.75) is 12.0 Å². The van der Waals surface area contributed by atoms with Crippen LogP contribution in [0.25, 0.3) is 0 Å². The van der Waals surface area contributed by atoms with Crippen molar-refractivity contribution in [1.82, 2.24) is 0 Å². The minimum atomic E-state index is -1.09. The Kier molecular flexibility index (Phi) is 3.45. The fraction of sp³-hybridized carbons (Fsp3) is 0.462. The molecule has 92 valence electrons. The highest BCUT2D eigenvalue weighted by molar-refractivity contribution is 5.69. The van der Waals surface area contributed by atoms with Crippen molar-refractivity contribution in [3.05, 3.63) is 35.9 Å². The number of esters is 1. The van der Waals surface area contributed by atoms with Crippen LogP contribution in [0.4, 0.5) is 0 Å². The zero-order chi connectivity index (χ0) is 12.3. The summed E-state index contributed by atoms with van der Waals surface area (Å²) in [6.07, 6.45) is 0.169. The van der Waals surface area contributed by atoms with Gasteiger partial charge in [-0.15, -0.1) is 0 Å². The minimum absolute atomic E-state index is 0.169. The van der Waals surface area contributed by atoms with Crippen LogP contribution in [0.5, 0.6) is 0 Å². The number of hydrogen-bond acceptors (Lipinski definition) is 4. The third-order valence-corrected chi connectivity index (χ3v) is 3.23. The Balaban J connectivity index is 2.20. The number of aliphatic hydroxyl groups is 1. The van der Waals surface area contributed by atoms with Crippen LogP contribution in [-0.4, -0.2) is 31.4 Å². The van der Waals surface area contributed by atoms with E-state index < -0.39 is 5.60 Å². The van der Waals surface area contributed by atoms with E-state index in [0.717, 1.165) is 5.56 Å². The quantitative estimate of drug-likeness (QED) is 0.798. The van der Waals surface area contributed by atoms with Crippen molar-refractivity contribution in [2.75, 3.05) is 20.3 Å². The van der Waals surface area contributed by atoms with E-state index in [9.17, 15) is 9.90 Å². The zero-order valence-electron chi connectivity index (χ0n) is 9.76. The molecule has 1 fully saturated rings. The number of carbonyl (C=O) groups is 1. The molecule has 17 heavy (non-hydrogen) atoms. The predicted octanol–water partition coefficient (Wildman–Crippen LogP) is 1.08. The fourth-order valence-electron chi connectivity index (χ4n) is 2.17. The molecule has 0 radical (unpaired) electrons. The number of hydrogen-bond donors (Lipinski definition) is 1. The predicted molar refractivity (Wildman–Crippen MR) is 61.3 cm³/mol. The van der Waals surface area contributed by atoms with Crippen molar-refractivity contribution >= 4 is 5.97 Å². The first-order chi connectivity index (χ1) is 8.16. The molecule has 0 saturated carbocycles. The van der Waals surface area contributed by atoms with E-state index in [0.29, 0.717) is 6.61 Å². The smallest absolute Gasteiger partial charge is 0.306 e. The lowest BCUT2D eigenvalue weighted by molar-refractivity contribution is -0.143. The summed E-state index contributed by atoms with van der Waals surface area (Å²) in [5, 5.41) is 10.6. The van der Waals surface area contributed by atoms with E-state index in [1.165, 1.54) is 7.11 Å². The first kappa shape index (κ1) is 12.1. The van der Waals surface area contributed by atoms with Crippen LogP contribution in [0.3, 0.4) is 0 Å². The summed E-state index contributed by atoms with van der Waals surface area (Å²) in [5.74, 6) is -0.577. The molecule has 1 aromatic carbocycles. The van der Waals surface area contributed by atoms with E-state index in [2.05, 4.69) is 4.74 Å². The molecule has 1 aromatic rings. The summed E-state index contributed by atoms with van der Waals surface area (Å²) in [7, 11) is 1.35. The average molecular weight is 236 g/mol. The van der Waals surface area contributed by atoms with Crippen LogP contribution in [0.15, 0.2) is 30.3 Å². The lowest BCUT2D eigenvalue weighted by Crippen LogP contribution is -2.35. The maximum atomic E-state index is 11.3. The molecule has 0 unspecified atom stereocenters. The second kappa shape index (κ2) is 4.85. The molecule has 2 rings (SSSR count). The number of methoxy groups -OCH3 is 1. The summed E-state index contributed by atoms with van der Waals surface area (Å²) in [4.78, 5) is 11.3. The van der Waals surface area contributed by atoms with Gasteiger partial charge in [0.1, 0.15) is 5.60 Å². The number of carbonyl (C=O) groups excluding carboxylic acids is 1. The van der Waals surface area contributed by atoms with Crippen molar-refractivity contribution in [3.8, 4) is 0 Å². The first-order valence-electron chi connectivity index (χ1n) is 5.59. The van der Waals surface area contributed by atoms with Crippen LogP contribution in [0.2, 0.25) is 0 Å². The number of benzene rings is 1. The maximum Gasteiger partial charge on any atom is 0.306 e. The topological polar surface area (TPSA) is 55.8 Å². The van der Waals surface area contributed by atoms with Gasteiger partial charge in [-0.3, -0.25) is 4.79 Å². The Morgan fingerprint density at radius 3 is 2.88 bits per heavy atom. The highest BCUT2D eigenvalue weighted by Gasteiger charge is 2.44. The number of rotatable bonds is 3. The van der Waals surface area contributed by atoms with Crippen molar-refractivity contribution in [1.29, 1.82) is 0 Å². The second-order valence-electron chi connectivity index (χ2n) is 4.28. The highest BCUT2D eigenvalue weighted by atomic mass is 16.5. The molecule has 4 nitrogen and oxygen atoms in total. The van der Waals surface area contributed by atoms with Crippen molar-refractivity contribution in [2.24, 2.45) is 5.92 Å². The Bertz CT molecular complexity index is 390. The van der Waals surface area contributed by atoms with Crippen LogP contribution in [-0.2, 0) is 19.9 Å². The molecule has 0 spiro atoms. The van der Waals surface area contributed by atoms with Gasteiger partial charge in [0.2, 0.25) is 0 Å². The monoisotopic (exact) mass is 236 g/mol. The third kappa shape index (κ3) is 2.33. The molecule has 0 aromatic heterocycles. The lowest BCUT2D eigenvalue weighted by Gasteiger charge is -2.27. The molecular formula is C13H16O4. The summed E-state index contributed by atoms with van der Waals surface area (Å²) in [5.41, 5.74) is -0.304. The van der Waals surface area contributed by atoms with Gasteiger partial charge in [-0.05, 0) is 5.56 Å². The molecule has 2 atom stereocenters. The summed E-state index contributed by atoms with van der Waals surface area (Å²) in [6, 6.07) is 9.30. The molecule has 1 aliphatic heterocycles. The van der Waals surface area contributed by atoms with Crippen LogP contribution >= 0.6 is 0 Å². The van der Waals surface area contributed by atoms with Gasteiger partial charge >= 0.3 is 5.97 Å². The Morgan fingerprint density at radius 2 is 2.24 bits per heavy atom. The standard InChI is InChI=1S/C13H16O4/c1-16-12(14)7-11-8-17-9-13(11,15)10-5-3-2-4-6-10/h2-6,11,15H,7-9H2,1H3/t11-,13+/m0/s1. The lowest BCUT2D eigenvalue weighted by atomic mass is 9.82. The van der Waals surface area contributed by atoms with E-state index in [-0.39, 0.29) is 24.9 Å². The maximum absolute atomic E-state index is 11.3. The van der Waals surface area contributed by atoms with Crippen molar-refractivity contribution < 1.29 is 19.4 Å². The molecule has 1 aliphatic rings. The molecule has 1 heterocycles. The zero-order valence-corrected chi connectivity index (χ0v) is 9.76. The number of ether oxygens (including phenoxy) is 2. The average Bonchev–Trinajstić information content (AvgIpc) is 2.73. The molecule has 4 heteroatoms. The molecule has 0 bridgehead atoms. The molecule has 1 N–H and O–H groups in total. The van der Waals surface area contributed by atoms with Gasteiger partial charge in [0.15, 0.2) is 0 Å². The highest BCUT2D eigenvalue weighted by Crippen LogP contribution is 2.37. The molecular weight excluding hydrogens is 220 g/mol. The van der Waals surface area contributed by atoms with Crippen LogP contribution < -0.4 is 0 Å². The largest absolute Gasteiger partial charge is 0.469 e. The van der Waals surface area contributed by atoms with Crippen LogP contribution in [0.1, 0.15) is 12.0 Å². The van der Waals surface area contributed by atoms with E-state index in [1.807, 2.05) is 30.3 Å². The van der Waals surface area contributed by atoms with E-state index >= 15 is 0 Å². The third-order valence-electron chi connectivity index (χ3n) is 3.23. The normalized spacial score (nSPS) is 28.0. The Morgan fingerprint density at radius 1 is 1.53 bits per heavy atom. The minimum Gasteiger partial charge on any atom is -0.469 e. The van der Waals surface area contributed by atoms with Gasteiger partial charge in [0, 0.05) is 5.92 Å². The van der Waals surface area contributed by atoms with Gasteiger partial charge < -0.3 is 14.6 Å². The molecule has 1 saturated heterocycles. The Hall–Kier alpha value is -1.39. The van der Waals surface area contributed by atoms with Gasteiger partial charge in [0.05, 0.1) is 26.7 Å². The summed E-state index contributed by atoms with van der Waals surface area (Å²) < 4.78 is 9.95. The molecule has 0 aliphatic carbocycles. The van der Waals surface area contributed by atoms with Gasteiger partial charge in [0.25, 0.3) is 0 Å². The van der Waals surface area contributed by atoms with Crippen LogP contribution in [0, 0.1) is 5.92 Å². The molecule has 0 amide bonds. The van der Waals surface area contributed by atoms with E-state index in [1.54, 1.807) is 0 Å². The Labute approximate surface area is 100 Å². The second-order valence-corrected chi connectivity index (χ2v) is 4.28. The van der Waals surface area contributed by atoms with Gasteiger partial charge in [-0.2, -0.15) is 0 Å². The summed E-state index contributed by atoms with van der Waals surface area (Å²) in [6.45, 7) is 0.596. The fourth-order valence-corrected chi connectivity index (χ4v) is 2.17. The van der Waals surface area contributed by atoms with E-state index in [4.69, 9.17) is 4.74 Å². The van der Waals surface area contributed by atoms with Gasteiger partial charge in [-0.25, -0.2) is 0 Å².